The number of nitrogens with one attached hydrogen (secondary N) is 1. The van der Waals surface area contributed by atoms with Crippen LogP contribution in [0.2, 0.25) is 0 Å². The van der Waals surface area contributed by atoms with Gasteiger partial charge in [-0.05, 0) is 38.0 Å². The third-order valence-corrected chi connectivity index (χ3v) is 4.01. The molecule has 2 rings (SSSR count). The number of aliphatic hydroxyl groups excluding tert-OH is 1. The minimum absolute atomic E-state index is 0.0682. The quantitative estimate of drug-likeness (QED) is 0.654. The van der Waals surface area contributed by atoms with Crippen LogP contribution in [0.1, 0.15) is 44.9 Å². The van der Waals surface area contributed by atoms with Crippen molar-refractivity contribution in [1.82, 2.24) is 5.32 Å². The predicted octanol–water partition coefficient (Wildman–Crippen LogP) is 1.01. The second-order valence-corrected chi connectivity index (χ2v) is 5.29. The lowest BCUT2D eigenvalue weighted by atomic mass is 9.86. The van der Waals surface area contributed by atoms with Gasteiger partial charge < -0.3 is 16.2 Å². The monoisotopic (exact) mass is 212 g/mol. The van der Waals surface area contributed by atoms with Crippen molar-refractivity contribution in [3.8, 4) is 0 Å². The lowest BCUT2D eigenvalue weighted by Gasteiger charge is -2.28. The smallest absolute Gasteiger partial charge is 0.0580 e. The lowest BCUT2D eigenvalue weighted by molar-refractivity contribution is 0.0682. The minimum Gasteiger partial charge on any atom is -0.393 e. The summed E-state index contributed by atoms with van der Waals surface area (Å²) in [7, 11) is 0. The molecule has 0 spiro atoms. The maximum absolute atomic E-state index is 9.83. The highest BCUT2D eigenvalue weighted by Crippen LogP contribution is 2.24. The largest absolute Gasteiger partial charge is 0.393 e. The van der Waals surface area contributed by atoms with Gasteiger partial charge in [-0.3, -0.25) is 0 Å². The van der Waals surface area contributed by atoms with Crippen LogP contribution in [-0.2, 0) is 0 Å². The maximum atomic E-state index is 9.83. The zero-order valence-electron chi connectivity index (χ0n) is 9.49. The molecule has 0 heterocycles. The van der Waals surface area contributed by atoms with E-state index in [9.17, 15) is 5.11 Å². The van der Waals surface area contributed by atoms with E-state index in [1.807, 2.05) is 0 Å². The Balaban J connectivity index is 1.68. The number of nitrogens with two attached hydrogens (primary N) is 1. The number of hydrogen-bond donors (Lipinski definition) is 3. The Hall–Kier alpha value is -0.120. The maximum Gasteiger partial charge on any atom is 0.0580 e. The Bertz CT molecular complexity index is 198. The van der Waals surface area contributed by atoms with Crippen molar-refractivity contribution in [2.45, 2.75) is 63.1 Å². The van der Waals surface area contributed by atoms with Gasteiger partial charge in [0.25, 0.3) is 0 Å². The highest BCUT2D eigenvalue weighted by molar-refractivity contribution is 4.84. The molecule has 4 N–H and O–H groups in total. The fourth-order valence-corrected chi connectivity index (χ4v) is 2.95. The first-order chi connectivity index (χ1) is 7.25. The zero-order valence-corrected chi connectivity index (χ0v) is 9.49. The summed E-state index contributed by atoms with van der Waals surface area (Å²) in [5.41, 5.74) is 5.87. The Labute approximate surface area is 92.4 Å². The third-order valence-electron chi connectivity index (χ3n) is 4.01. The van der Waals surface area contributed by atoms with Crippen molar-refractivity contribution in [3.63, 3.8) is 0 Å². The van der Waals surface area contributed by atoms with Gasteiger partial charge in [-0.25, -0.2) is 0 Å². The molecule has 2 saturated carbocycles. The molecular formula is C12H24N2O. The topological polar surface area (TPSA) is 58.3 Å². The molecular weight excluding hydrogens is 188 g/mol. The van der Waals surface area contributed by atoms with Crippen molar-refractivity contribution in [2.75, 3.05) is 6.54 Å². The molecule has 0 radical (unpaired) electrons. The summed E-state index contributed by atoms with van der Waals surface area (Å²) in [5.74, 6) is 0.482. The van der Waals surface area contributed by atoms with E-state index in [1.54, 1.807) is 0 Å². The first-order valence-electron chi connectivity index (χ1n) is 6.42. The number of rotatable bonds is 3. The van der Waals surface area contributed by atoms with Crippen molar-refractivity contribution >= 4 is 0 Å². The summed E-state index contributed by atoms with van der Waals surface area (Å²) in [6.45, 7) is 0.985. The Morgan fingerprint density at radius 1 is 1.13 bits per heavy atom. The SMILES string of the molecule is NC1CCC(NCC2CCCCC2O)C1. The Morgan fingerprint density at radius 2 is 1.93 bits per heavy atom. The first-order valence-corrected chi connectivity index (χ1v) is 6.42. The van der Waals surface area contributed by atoms with Crippen LogP contribution in [0.15, 0.2) is 0 Å². The fourth-order valence-electron chi connectivity index (χ4n) is 2.95. The molecule has 2 aliphatic carbocycles. The molecule has 3 heteroatoms. The van der Waals surface area contributed by atoms with Crippen LogP contribution < -0.4 is 11.1 Å². The average Bonchev–Trinajstić information content (AvgIpc) is 2.63. The van der Waals surface area contributed by atoms with E-state index in [1.165, 1.54) is 25.7 Å². The Kier molecular flexibility index (Phi) is 4.00. The van der Waals surface area contributed by atoms with Crippen molar-refractivity contribution in [2.24, 2.45) is 11.7 Å². The molecule has 0 aromatic rings. The molecule has 0 aromatic carbocycles. The van der Waals surface area contributed by atoms with Crippen LogP contribution in [0.25, 0.3) is 0 Å². The van der Waals surface area contributed by atoms with Crippen LogP contribution in [0.5, 0.6) is 0 Å². The van der Waals surface area contributed by atoms with E-state index in [-0.39, 0.29) is 6.10 Å². The predicted molar refractivity (Wildman–Crippen MR) is 61.6 cm³/mol. The summed E-state index contributed by atoms with van der Waals surface area (Å²) in [6.07, 6.45) is 8.09. The molecule has 88 valence electrons. The first kappa shape index (κ1) is 11.4. The number of hydrogen-bond acceptors (Lipinski definition) is 3. The highest BCUT2D eigenvalue weighted by Gasteiger charge is 2.26. The van der Waals surface area contributed by atoms with E-state index in [2.05, 4.69) is 5.32 Å². The van der Waals surface area contributed by atoms with E-state index in [0.717, 1.165) is 25.8 Å². The van der Waals surface area contributed by atoms with Gasteiger partial charge in [-0.15, -0.1) is 0 Å². The van der Waals surface area contributed by atoms with E-state index in [4.69, 9.17) is 5.73 Å². The molecule has 15 heavy (non-hydrogen) atoms. The molecule has 4 unspecified atom stereocenters. The van der Waals surface area contributed by atoms with Gasteiger partial charge in [0.2, 0.25) is 0 Å². The van der Waals surface area contributed by atoms with Crippen LogP contribution in [0, 0.1) is 5.92 Å². The molecule has 2 fully saturated rings. The molecule has 2 aliphatic rings. The van der Waals surface area contributed by atoms with Crippen LogP contribution >= 0.6 is 0 Å². The second kappa shape index (κ2) is 5.28. The van der Waals surface area contributed by atoms with Crippen LogP contribution in [0.4, 0.5) is 0 Å². The standard InChI is InChI=1S/C12H24N2O/c13-10-5-6-11(7-10)14-8-9-3-1-2-4-12(9)15/h9-12,14-15H,1-8,13H2. The van der Waals surface area contributed by atoms with Crippen molar-refractivity contribution < 1.29 is 5.11 Å². The average molecular weight is 212 g/mol. The van der Waals surface area contributed by atoms with Crippen LogP contribution in [-0.4, -0.2) is 29.8 Å². The zero-order chi connectivity index (χ0) is 10.7. The van der Waals surface area contributed by atoms with Gasteiger partial charge in [-0.2, -0.15) is 0 Å². The molecule has 0 bridgehead atoms. The van der Waals surface area contributed by atoms with Crippen molar-refractivity contribution in [3.05, 3.63) is 0 Å². The molecule has 0 aliphatic heterocycles. The minimum atomic E-state index is -0.0682. The molecule has 0 amide bonds. The summed E-state index contributed by atoms with van der Waals surface area (Å²) < 4.78 is 0. The van der Waals surface area contributed by atoms with Crippen molar-refractivity contribution in [1.29, 1.82) is 0 Å². The van der Waals surface area contributed by atoms with Gasteiger partial charge in [0, 0.05) is 18.6 Å². The summed E-state index contributed by atoms with van der Waals surface area (Å²) in [6, 6.07) is 1.01. The molecule has 0 saturated heterocycles. The summed E-state index contributed by atoms with van der Waals surface area (Å²) >= 11 is 0. The van der Waals surface area contributed by atoms with Crippen LogP contribution in [0.3, 0.4) is 0 Å². The van der Waals surface area contributed by atoms with Gasteiger partial charge in [-0.1, -0.05) is 12.8 Å². The van der Waals surface area contributed by atoms with E-state index < -0.39 is 0 Å². The van der Waals surface area contributed by atoms with Gasteiger partial charge in [0.05, 0.1) is 6.10 Å². The van der Waals surface area contributed by atoms with Gasteiger partial charge in [0.1, 0.15) is 0 Å². The molecule has 4 atom stereocenters. The Morgan fingerprint density at radius 3 is 2.60 bits per heavy atom. The van der Waals surface area contributed by atoms with Gasteiger partial charge in [0.15, 0.2) is 0 Å². The fraction of sp³-hybridized carbons (Fsp3) is 1.00. The molecule has 3 nitrogen and oxygen atoms in total. The van der Waals surface area contributed by atoms with Gasteiger partial charge >= 0.3 is 0 Å². The molecule has 0 aromatic heterocycles. The normalized spacial score (nSPS) is 42.0. The summed E-state index contributed by atoms with van der Waals surface area (Å²) in [5, 5.41) is 13.4. The van der Waals surface area contributed by atoms with E-state index in [0.29, 0.717) is 18.0 Å². The number of aliphatic hydroxyl groups is 1. The lowest BCUT2D eigenvalue weighted by Crippen LogP contribution is -2.38. The van der Waals surface area contributed by atoms with E-state index >= 15 is 0 Å². The second-order valence-electron chi connectivity index (χ2n) is 5.29. The summed E-state index contributed by atoms with van der Waals surface area (Å²) in [4.78, 5) is 0. The third kappa shape index (κ3) is 3.16. The highest BCUT2D eigenvalue weighted by atomic mass is 16.3.